The van der Waals surface area contributed by atoms with Gasteiger partial charge in [0, 0.05) is 45.5 Å². The van der Waals surface area contributed by atoms with E-state index in [1.54, 1.807) is 6.07 Å². The number of anilines is 2. The van der Waals surface area contributed by atoms with E-state index in [1.807, 2.05) is 59.7 Å². The number of pyridine rings is 1. The minimum atomic E-state index is -0.496. The number of nitrogens with two attached hydrogens (primary N) is 1. The van der Waals surface area contributed by atoms with Crippen LogP contribution in [0.2, 0.25) is 5.02 Å². The Kier molecular flexibility index (Phi) is 5.48. The van der Waals surface area contributed by atoms with Crippen LogP contribution in [0.3, 0.4) is 0 Å². The first kappa shape index (κ1) is 21.0. The Labute approximate surface area is 196 Å². The van der Waals surface area contributed by atoms with E-state index in [1.165, 1.54) is 12.7 Å². The zero-order valence-corrected chi connectivity index (χ0v) is 18.7. The molecule has 0 radical (unpaired) electrons. The SMILES string of the molecule is COC(=O)Nc1ccc(-c2cnn(C3CCc4cc(-c5cc(Cl)ccc5N)cnc43)c2)cc1. The van der Waals surface area contributed by atoms with Crippen LogP contribution in [0.5, 0.6) is 0 Å². The molecule has 1 atom stereocenters. The summed E-state index contributed by atoms with van der Waals surface area (Å²) in [5, 5.41) is 7.91. The molecule has 4 aromatic rings. The van der Waals surface area contributed by atoms with Crippen molar-refractivity contribution in [1.82, 2.24) is 14.8 Å². The minimum absolute atomic E-state index is 0.0831. The van der Waals surface area contributed by atoms with Crippen molar-refractivity contribution in [3.8, 4) is 22.3 Å². The van der Waals surface area contributed by atoms with Crippen molar-refractivity contribution in [2.75, 3.05) is 18.2 Å². The number of amides is 1. The summed E-state index contributed by atoms with van der Waals surface area (Å²) in [5.41, 5.74) is 13.6. The van der Waals surface area contributed by atoms with Crippen LogP contribution in [0.1, 0.15) is 23.7 Å². The van der Waals surface area contributed by atoms with Crippen LogP contribution in [-0.2, 0) is 11.2 Å². The molecule has 0 aliphatic heterocycles. The number of carbonyl (C=O) groups is 1. The summed E-state index contributed by atoms with van der Waals surface area (Å²) in [4.78, 5) is 16.1. The van der Waals surface area contributed by atoms with Crippen molar-refractivity contribution >= 4 is 29.1 Å². The summed E-state index contributed by atoms with van der Waals surface area (Å²) >= 11 is 6.17. The Hall–Kier alpha value is -3.84. The second-order valence-corrected chi connectivity index (χ2v) is 8.39. The molecule has 5 rings (SSSR count). The highest BCUT2D eigenvalue weighted by Crippen LogP contribution is 2.37. The maximum Gasteiger partial charge on any atom is 0.411 e. The number of hydrogen-bond donors (Lipinski definition) is 2. The third-order valence-corrected chi connectivity index (χ3v) is 6.14. The number of hydrogen-bond acceptors (Lipinski definition) is 5. The Morgan fingerprint density at radius 1 is 1.12 bits per heavy atom. The van der Waals surface area contributed by atoms with Gasteiger partial charge in [-0.15, -0.1) is 0 Å². The topological polar surface area (TPSA) is 95.1 Å². The predicted molar refractivity (Wildman–Crippen MR) is 129 cm³/mol. The van der Waals surface area contributed by atoms with Crippen LogP contribution in [0, 0.1) is 0 Å². The lowest BCUT2D eigenvalue weighted by atomic mass is 10.0. The van der Waals surface area contributed by atoms with Crippen molar-refractivity contribution in [2.24, 2.45) is 0 Å². The minimum Gasteiger partial charge on any atom is -0.453 e. The molecule has 8 heteroatoms. The average molecular weight is 460 g/mol. The van der Waals surface area contributed by atoms with E-state index in [2.05, 4.69) is 21.2 Å². The van der Waals surface area contributed by atoms with Gasteiger partial charge in [0.15, 0.2) is 0 Å². The first-order chi connectivity index (χ1) is 16.0. The van der Waals surface area contributed by atoms with E-state index < -0.39 is 6.09 Å². The van der Waals surface area contributed by atoms with Gasteiger partial charge in [0.05, 0.1) is 25.0 Å². The fraction of sp³-hybridized carbons (Fsp3) is 0.160. The van der Waals surface area contributed by atoms with Gasteiger partial charge >= 0.3 is 6.09 Å². The number of nitrogen functional groups attached to an aromatic ring is 1. The molecule has 0 bridgehead atoms. The van der Waals surface area contributed by atoms with Crippen molar-refractivity contribution in [2.45, 2.75) is 18.9 Å². The van der Waals surface area contributed by atoms with Gasteiger partial charge < -0.3 is 10.5 Å². The number of halogens is 1. The van der Waals surface area contributed by atoms with Crippen LogP contribution < -0.4 is 11.1 Å². The van der Waals surface area contributed by atoms with Gasteiger partial charge in [-0.1, -0.05) is 23.7 Å². The number of rotatable bonds is 4. The summed E-state index contributed by atoms with van der Waals surface area (Å²) in [6, 6.07) is 15.3. The van der Waals surface area contributed by atoms with Gasteiger partial charge in [-0.25, -0.2) is 4.79 Å². The maximum atomic E-state index is 11.4. The molecular formula is C25H22ClN5O2. The summed E-state index contributed by atoms with van der Waals surface area (Å²) in [6.45, 7) is 0. The number of aryl methyl sites for hydroxylation is 1. The molecule has 1 amide bonds. The number of nitrogens with zero attached hydrogens (tertiary/aromatic N) is 3. The molecule has 1 aliphatic rings. The van der Waals surface area contributed by atoms with Crippen LogP contribution in [0.25, 0.3) is 22.3 Å². The first-order valence-corrected chi connectivity index (χ1v) is 10.9. The zero-order chi connectivity index (χ0) is 22.9. The third kappa shape index (κ3) is 4.15. The van der Waals surface area contributed by atoms with Gasteiger partial charge in [0.2, 0.25) is 0 Å². The lowest BCUT2D eigenvalue weighted by molar-refractivity contribution is 0.187. The lowest BCUT2D eigenvalue weighted by Crippen LogP contribution is -2.10. The largest absolute Gasteiger partial charge is 0.453 e. The number of aromatic nitrogens is 3. The molecule has 1 unspecified atom stereocenters. The van der Waals surface area contributed by atoms with Gasteiger partial charge in [0.25, 0.3) is 0 Å². The van der Waals surface area contributed by atoms with E-state index in [0.717, 1.165) is 40.8 Å². The van der Waals surface area contributed by atoms with Gasteiger partial charge in [-0.2, -0.15) is 5.10 Å². The molecule has 2 aromatic heterocycles. The number of ether oxygens (including phenoxy) is 1. The quantitative estimate of drug-likeness (QED) is 0.389. The third-order valence-electron chi connectivity index (χ3n) is 5.90. The molecule has 33 heavy (non-hydrogen) atoms. The van der Waals surface area contributed by atoms with E-state index in [9.17, 15) is 4.79 Å². The highest BCUT2D eigenvalue weighted by molar-refractivity contribution is 6.31. The fourth-order valence-corrected chi connectivity index (χ4v) is 4.38. The lowest BCUT2D eigenvalue weighted by Gasteiger charge is -2.12. The molecule has 2 aromatic carbocycles. The van der Waals surface area contributed by atoms with E-state index in [0.29, 0.717) is 16.4 Å². The Morgan fingerprint density at radius 3 is 2.73 bits per heavy atom. The normalized spacial score (nSPS) is 14.7. The molecule has 3 N–H and O–H groups in total. The molecule has 0 spiro atoms. The van der Waals surface area contributed by atoms with Crippen LogP contribution in [-0.4, -0.2) is 28.0 Å². The summed E-state index contributed by atoms with van der Waals surface area (Å²) in [5.74, 6) is 0. The van der Waals surface area contributed by atoms with Crippen molar-refractivity contribution in [3.63, 3.8) is 0 Å². The zero-order valence-electron chi connectivity index (χ0n) is 18.0. The monoisotopic (exact) mass is 459 g/mol. The molecule has 0 saturated carbocycles. The van der Waals surface area contributed by atoms with Gasteiger partial charge in [0.1, 0.15) is 0 Å². The van der Waals surface area contributed by atoms with Crippen molar-refractivity contribution < 1.29 is 9.53 Å². The fourth-order valence-electron chi connectivity index (χ4n) is 4.21. The molecule has 7 nitrogen and oxygen atoms in total. The Morgan fingerprint density at radius 2 is 1.94 bits per heavy atom. The predicted octanol–water partition coefficient (Wildman–Crippen LogP) is 5.56. The Balaban J connectivity index is 1.38. The number of benzene rings is 2. The number of fused-ring (bicyclic) bond motifs is 1. The molecular weight excluding hydrogens is 438 g/mol. The second kappa shape index (κ2) is 8.60. The van der Waals surface area contributed by atoms with Gasteiger partial charge in [-0.3, -0.25) is 15.0 Å². The first-order valence-electron chi connectivity index (χ1n) is 10.6. The standard InChI is InChI=1S/C25H22ClN5O2/c1-33-25(32)30-20-6-2-15(3-7-20)18-13-29-31(14-18)23-9-4-16-10-17(12-28-24(16)23)21-11-19(26)5-8-22(21)27/h2-3,5-8,10-14,23H,4,9,27H2,1H3,(H,30,32). The number of carbonyl (C=O) groups excluding carboxylic acids is 1. The van der Waals surface area contributed by atoms with Crippen molar-refractivity contribution in [1.29, 1.82) is 0 Å². The van der Waals surface area contributed by atoms with E-state index in [4.69, 9.17) is 22.3 Å². The molecule has 0 saturated heterocycles. The Bertz CT molecular complexity index is 1330. The van der Waals surface area contributed by atoms with E-state index in [-0.39, 0.29) is 6.04 Å². The number of nitrogens with one attached hydrogen (secondary N) is 1. The van der Waals surface area contributed by atoms with E-state index >= 15 is 0 Å². The molecule has 0 fully saturated rings. The molecule has 2 heterocycles. The highest BCUT2D eigenvalue weighted by Gasteiger charge is 2.27. The van der Waals surface area contributed by atoms with Crippen molar-refractivity contribution in [3.05, 3.63) is 83.4 Å². The van der Waals surface area contributed by atoms with Gasteiger partial charge in [-0.05, 0) is 60.4 Å². The molecule has 1 aliphatic carbocycles. The van der Waals surface area contributed by atoms with Crippen LogP contribution >= 0.6 is 11.6 Å². The molecule has 166 valence electrons. The number of methoxy groups -OCH3 is 1. The van der Waals surface area contributed by atoms with Crippen LogP contribution in [0.4, 0.5) is 16.2 Å². The summed E-state index contributed by atoms with van der Waals surface area (Å²) < 4.78 is 6.59. The summed E-state index contributed by atoms with van der Waals surface area (Å²) in [6.07, 6.45) is 7.10. The smallest absolute Gasteiger partial charge is 0.411 e. The van der Waals surface area contributed by atoms with Crippen LogP contribution in [0.15, 0.2) is 67.1 Å². The maximum absolute atomic E-state index is 11.4. The second-order valence-electron chi connectivity index (χ2n) is 7.96. The highest BCUT2D eigenvalue weighted by atomic mass is 35.5. The average Bonchev–Trinajstić information content (AvgIpc) is 3.48. The summed E-state index contributed by atoms with van der Waals surface area (Å²) in [7, 11) is 1.33.